The molecule has 1 heterocycles. The summed E-state index contributed by atoms with van der Waals surface area (Å²) in [5.41, 5.74) is 0. The molecule has 0 bridgehead atoms. The van der Waals surface area contributed by atoms with Crippen LogP contribution in [0.3, 0.4) is 0 Å². The van der Waals surface area contributed by atoms with Crippen LogP contribution < -0.4 is 0 Å². The van der Waals surface area contributed by atoms with Crippen molar-refractivity contribution in [2.45, 2.75) is 38.1 Å². The molecule has 0 saturated heterocycles. The van der Waals surface area contributed by atoms with Gasteiger partial charge in [-0.2, -0.15) is 0 Å². The van der Waals surface area contributed by atoms with Crippen LogP contribution in [0.15, 0.2) is 24.3 Å². The van der Waals surface area contributed by atoms with Gasteiger partial charge in [-0.25, -0.2) is 4.79 Å². The first-order chi connectivity index (χ1) is 9.56. The number of carbonyl (C=O) groups excluding carboxylic acids is 1. The molecule has 2 aliphatic rings. The second-order valence-corrected chi connectivity index (χ2v) is 5.52. The average Bonchev–Trinajstić information content (AvgIpc) is 2.76. The molecule has 2 N–H and O–H groups in total. The lowest BCUT2D eigenvalue weighted by Gasteiger charge is -2.19. The summed E-state index contributed by atoms with van der Waals surface area (Å²) >= 11 is 0. The molecule has 0 radical (unpaired) electrons. The number of carbonyl (C=O) groups is 1. The molecule has 0 spiro atoms. The molecule has 0 aromatic heterocycles. The normalized spacial score (nSPS) is 42.5. The molecule has 5 nitrogen and oxygen atoms in total. The van der Waals surface area contributed by atoms with Crippen LogP contribution in [0.4, 0.5) is 0 Å². The Hall–Kier alpha value is -1.17. The zero-order valence-electron chi connectivity index (χ0n) is 11.6. The van der Waals surface area contributed by atoms with E-state index < -0.39 is 18.2 Å². The van der Waals surface area contributed by atoms with E-state index in [9.17, 15) is 15.0 Å². The number of aliphatic hydroxyl groups excluding tert-OH is 2. The number of allylic oxidation sites excluding steroid dienone is 1. The fraction of sp³-hybridized carbons (Fsp3) is 0.667. The lowest BCUT2D eigenvalue weighted by atomic mass is 9.90. The van der Waals surface area contributed by atoms with Crippen LogP contribution in [0, 0.1) is 11.8 Å². The highest BCUT2D eigenvalue weighted by Gasteiger charge is 2.35. The van der Waals surface area contributed by atoms with Crippen molar-refractivity contribution in [1.82, 2.24) is 0 Å². The lowest BCUT2D eigenvalue weighted by Crippen LogP contribution is -2.22. The Morgan fingerprint density at radius 3 is 2.85 bits per heavy atom. The van der Waals surface area contributed by atoms with Gasteiger partial charge < -0.3 is 19.7 Å². The summed E-state index contributed by atoms with van der Waals surface area (Å²) in [6, 6.07) is 0. The van der Waals surface area contributed by atoms with E-state index >= 15 is 0 Å². The van der Waals surface area contributed by atoms with Crippen LogP contribution in [-0.2, 0) is 14.3 Å². The lowest BCUT2D eigenvalue weighted by molar-refractivity contribution is -0.144. The number of rotatable bonds is 0. The summed E-state index contributed by atoms with van der Waals surface area (Å²) in [5, 5.41) is 19.9. The number of ether oxygens (including phenoxy) is 2. The minimum Gasteiger partial charge on any atom is -0.457 e. The molecule has 5 atom stereocenters. The maximum Gasteiger partial charge on any atom is 0.330 e. The fourth-order valence-corrected chi connectivity index (χ4v) is 2.81. The second-order valence-electron chi connectivity index (χ2n) is 5.52. The number of aliphatic hydroxyl groups is 2. The molecule has 0 amide bonds. The second kappa shape index (κ2) is 7.02. The Bertz CT molecular complexity index is 390. The Labute approximate surface area is 118 Å². The van der Waals surface area contributed by atoms with E-state index in [0.717, 1.165) is 0 Å². The van der Waals surface area contributed by atoms with Gasteiger partial charge in [-0.3, -0.25) is 0 Å². The van der Waals surface area contributed by atoms with Crippen LogP contribution in [-0.4, -0.2) is 47.7 Å². The Kier molecular flexibility index (Phi) is 5.34. The Morgan fingerprint density at radius 2 is 2.05 bits per heavy atom. The van der Waals surface area contributed by atoms with Crippen LogP contribution in [0.2, 0.25) is 0 Å². The SMILES string of the molecule is C[C@H]1COC/C=C/[C@@H]2C[C@H](O)C[C@H]2[C@H](O)/C=C/C(=O)O1. The van der Waals surface area contributed by atoms with E-state index in [4.69, 9.17) is 9.47 Å². The monoisotopic (exact) mass is 282 g/mol. The molecular formula is C15H22O5. The predicted octanol–water partition coefficient (Wildman–Crippen LogP) is 0.809. The maximum absolute atomic E-state index is 11.6. The minimum absolute atomic E-state index is 0.0801. The van der Waals surface area contributed by atoms with Crippen molar-refractivity contribution < 1.29 is 24.5 Å². The van der Waals surface area contributed by atoms with Gasteiger partial charge in [0.1, 0.15) is 6.10 Å². The Morgan fingerprint density at radius 1 is 1.25 bits per heavy atom. The molecule has 1 aliphatic heterocycles. The molecule has 1 fully saturated rings. The molecule has 112 valence electrons. The number of hydrogen-bond acceptors (Lipinski definition) is 5. The predicted molar refractivity (Wildman–Crippen MR) is 72.9 cm³/mol. The van der Waals surface area contributed by atoms with Crippen molar-refractivity contribution in [3.63, 3.8) is 0 Å². The smallest absolute Gasteiger partial charge is 0.330 e. The molecule has 5 heteroatoms. The van der Waals surface area contributed by atoms with Crippen molar-refractivity contribution in [3.8, 4) is 0 Å². The summed E-state index contributed by atoms with van der Waals surface area (Å²) < 4.78 is 10.5. The van der Waals surface area contributed by atoms with Crippen LogP contribution >= 0.6 is 0 Å². The maximum atomic E-state index is 11.6. The first kappa shape index (κ1) is 15.2. The molecule has 0 aromatic carbocycles. The number of esters is 1. The van der Waals surface area contributed by atoms with E-state index in [0.29, 0.717) is 26.1 Å². The molecule has 0 aromatic rings. The zero-order chi connectivity index (χ0) is 14.5. The largest absolute Gasteiger partial charge is 0.457 e. The van der Waals surface area contributed by atoms with Crippen LogP contribution in [0.1, 0.15) is 19.8 Å². The number of hydrogen-bond donors (Lipinski definition) is 2. The third-order valence-electron chi connectivity index (χ3n) is 3.77. The van der Waals surface area contributed by atoms with Gasteiger partial charge in [0, 0.05) is 6.08 Å². The van der Waals surface area contributed by atoms with Crippen molar-refractivity contribution in [2.24, 2.45) is 11.8 Å². The minimum atomic E-state index is -0.758. The van der Waals surface area contributed by atoms with E-state index in [1.54, 1.807) is 6.92 Å². The van der Waals surface area contributed by atoms with Gasteiger partial charge in [0.25, 0.3) is 0 Å². The summed E-state index contributed by atoms with van der Waals surface area (Å²) in [7, 11) is 0. The van der Waals surface area contributed by atoms with Gasteiger partial charge in [-0.15, -0.1) is 0 Å². The van der Waals surface area contributed by atoms with E-state index in [1.807, 2.05) is 12.2 Å². The summed E-state index contributed by atoms with van der Waals surface area (Å²) in [5.74, 6) is -0.464. The molecule has 0 unspecified atom stereocenters. The first-order valence-corrected chi connectivity index (χ1v) is 7.05. The molecule has 1 aliphatic carbocycles. The van der Waals surface area contributed by atoms with Gasteiger partial charge in [0.2, 0.25) is 0 Å². The van der Waals surface area contributed by atoms with E-state index in [2.05, 4.69) is 0 Å². The molecular weight excluding hydrogens is 260 g/mol. The number of fused-ring (bicyclic) bond motifs is 1. The third-order valence-corrected chi connectivity index (χ3v) is 3.77. The summed E-state index contributed by atoms with van der Waals surface area (Å²) in [4.78, 5) is 11.6. The van der Waals surface area contributed by atoms with Crippen LogP contribution in [0.25, 0.3) is 0 Å². The fourth-order valence-electron chi connectivity index (χ4n) is 2.81. The standard InChI is InChI=1S/C15H22O5/c1-10-9-19-6-2-3-11-7-12(16)8-13(11)14(17)4-5-15(18)20-10/h2-5,10-14,16-17H,6-9H2,1H3/b3-2+,5-4+/t10-,11+,12-,13+,14+/m0/s1. The van der Waals surface area contributed by atoms with E-state index in [1.165, 1.54) is 12.2 Å². The van der Waals surface area contributed by atoms with Gasteiger partial charge in [0.05, 0.1) is 25.4 Å². The summed E-state index contributed by atoms with van der Waals surface area (Å²) in [6.07, 6.45) is 6.29. The van der Waals surface area contributed by atoms with E-state index in [-0.39, 0.29) is 17.9 Å². The molecule has 20 heavy (non-hydrogen) atoms. The van der Waals surface area contributed by atoms with Gasteiger partial charge >= 0.3 is 5.97 Å². The van der Waals surface area contributed by atoms with Gasteiger partial charge in [-0.05, 0) is 37.7 Å². The van der Waals surface area contributed by atoms with Crippen LogP contribution in [0.5, 0.6) is 0 Å². The average molecular weight is 282 g/mol. The first-order valence-electron chi connectivity index (χ1n) is 7.05. The van der Waals surface area contributed by atoms with Crippen molar-refractivity contribution >= 4 is 5.97 Å². The van der Waals surface area contributed by atoms with Crippen molar-refractivity contribution in [1.29, 1.82) is 0 Å². The highest BCUT2D eigenvalue weighted by atomic mass is 16.6. The quantitative estimate of drug-likeness (QED) is 0.508. The highest BCUT2D eigenvalue weighted by molar-refractivity contribution is 5.82. The third kappa shape index (κ3) is 4.16. The van der Waals surface area contributed by atoms with Crippen molar-refractivity contribution in [3.05, 3.63) is 24.3 Å². The Balaban J connectivity index is 2.11. The molecule has 1 saturated carbocycles. The molecule has 2 rings (SSSR count). The highest BCUT2D eigenvalue weighted by Crippen LogP contribution is 2.36. The van der Waals surface area contributed by atoms with Crippen molar-refractivity contribution in [2.75, 3.05) is 13.2 Å². The number of cyclic esters (lactones) is 1. The van der Waals surface area contributed by atoms with Gasteiger partial charge in [-0.1, -0.05) is 12.2 Å². The zero-order valence-corrected chi connectivity index (χ0v) is 11.6. The topological polar surface area (TPSA) is 76.0 Å². The summed E-state index contributed by atoms with van der Waals surface area (Å²) in [6.45, 7) is 2.53. The van der Waals surface area contributed by atoms with Gasteiger partial charge in [0.15, 0.2) is 0 Å².